The molecule has 2 nitrogen and oxygen atoms in total. The standard InChI is InChI=1S/C17H23O2P/c1-19-20(18,16-5-3-2-4-6-16)17-10-13-7-14(11-17)9-15(8-13)12-17/h2-6,13-15H,7-12H2,1H3. The summed E-state index contributed by atoms with van der Waals surface area (Å²) in [4.78, 5) is 0. The van der Waals surface area contributed by atoms with Gasteiger partial charge in [0, 0.05) is 12.4 Å². The molecule has 20 heavy (non-hydrogen) atoms. The fraction of sp³-hybridized carbons (Fsp3) is 0.647. The van der Waals surface area contributed by atoms with Gasteiger partial charge in [-0.2, -0.15) is 0 Å². The van der Waals surface area contributed by atoms with E-state index >= 15 is 0 Å². The first kappa shape index (κ1) is 13.1. The third kappa shape index (κ3) is 1.71. The van der Waals surface area contributed by atoms with Crippen molar-refractivity contribution in [3.8, 4) is 0 Å². The molecule has 1 atom stereocenters. The summed E-state index contributed by atoms with van der Waals surface area (Å²) in [7, 11) is -1.09. The van der Waals surface area contributed by atoms with Crippen molar-refractivity contribution in [3.05, 3.63) is 30.3 Å². The normalized spacial score (nSPS) is 41.5. The zero-order valence-electron chi connectivity index (χ0n) is 12.1. The van der Waals surface area contributed by atoms with Crippen LogP contribution in [0, 0.1) is 17.8 Å². The van der Waals surface area contributed by atoms with Crippen molar-refractivity contribution >= 4 is 12.7 Å². The van der Waals surface area contributed by atoms with Crippen LogP contribution in [-0.4, -0.2) is 12.3 Å². The van der Waals surface area contributed by atoms with E-state index in [0.717, 1.165) is 42.3 Å². The fourth-order valence-corrected chi connectivity index (χ4v) is 8.83. The molecule has 4 saturated carbocycles. The van der Waals surface area contributed by atoms with E-state index in [-0.39, 0.29) is 5.16 Å². The third-order valence-corrected chi connectivity index (χ3v) is 9.27. The Hall–Kier alpha value is -0.590. The average molecular weight is 290 g/mol. The summed E-state index contributed by atoms with van der Waals surface area (Å²) in [6.45, 7) is 0. The maximum atomic E-state index is 13.8. The van der Waals surface area contributed by atoms with Gasteiger partial charge < -0.3 is 4.52 Å². The summed E-state index contributed by atoms with van der Waals surface area (Å²) in [5, 5.41) is 0.877. The van der Waals surface area contributed by atoms with E-state index < -0.39 is 7.37 Å². The van der Waals surface area contributed by atoms with Crippen molar-refractivity contribution in [2.45, 2.75) is 43.7 Å². The molecule has 0 amide bonds. The third-order valence-electron chi connectivity index (χ3n) is 5.98. The molecule has 4 bridgehead atoms. The van der Waals surface area contributed by atoms with E-state index in [1.165, 1.54) is 19.3 Å². The van der Waals surface area contributed by atoms with Crippen LogP contribution >= 0.6 is 7.37 Å². The monoisotopic (exact) mass is 290 g/mol. The van der Waals surface area contributed by atoms with Crippen LogP contribution in [0.5, 0.6) is 0 Å². The Bertz CT molecular complexity index is 516. The molecule has 4 fully saturated rings. The predicted octanol–water partition coefficient (Wildman–Crippen LogP) is 4.21. The van der Waals surface area contributed by atoms with Crippen LogP contribution in [-0.2, 0) is 9.09 Å². The van der Waals surface area contributed by atoms with E-state index in [1.807, 2.05) is 30.3 Å². The molecule has 0 spiro atoms. The summed E-state index contributed by atoms with van der Waals surface area (Å²) in [6, 6.07) is 9.97. The molecular weight excluding hydrogens is 267 g/mol. The lowest BCUT2D eigenvalue weighted by Crippen LogP contribution is -2.51. The highest BCUT2D eigenvalue weighted by Gasteiger charge is 2.60. The minimum atomic E-state index is -2.75. The Morgan fingerprint density at radius 1 is 1.00 bits per heavy atom. The van der Waals surface area contributed by atoms with Gasteiger partial charge in [0.25, 0.3) is 0 Å². The Kier molecular flexibility index (Phi) is 2.91. The molecule has 1 aromatic rings. The van der Waals surface area contributed by atoms with E-state index in [9.17, 15) is 4.57 Å². The highest BCUT2D eigenvalue weighted by atomic mass is 31.2. The SMILES string of the molecule is COP(=O)(c1ccccc1)C12CC3CC(CC(C3)C1)C2. The number of benzene rings is 1. The van der Waals surface area contributed by atoms with Gasteiger partial charge in [0.1, 0.15) is 0 Å². The van der Waals surface area contributed by atoms with Gasteiger partial charge in [0.2, 0.25) is 7.37 Å². The number of hydrogen-bond acceptors (Lipinski definition) is 2. The molecule has 4 aliphatic carbocycles. The summed E-state index contributed by atoms with van der Waals surface area (Å²) >= 11 is 0. The van der Waals surface area contributed by atoms with Gasteiger partial charge in [-0.25, -0.2) is 0 Å². The van der Waals surface area contributed by atoms with Gasteiger partial charge in [-0.05, 0) is 68.4 Å². The zero-order chi connectivity index (χ0) is 13.8. The Morgan fingerprint density at radius 2 is 1.50 bits per heavy atom. The van der Waals surface area contributed by atoms with E-state index in [1.54, 1.807) is 7.11 Å². The van der Waals surface area contributed by atoms with Gasteiger partial charge in [0.15, 0.2) is 0 Å². The maximum Gasteiger partial charge on any atom is 0.237 e. The quantitative estimate of drug-likeness (QED) is 0.780. The highest BCUT2D eigenvalue weighted by Crippen LogP contribution is 2.72. The van der Waals surface area contributed by atoms with E-state index in [0.29, 0.717) is 0 Å². The minimum absolute atomic E-state index is 0.0577. The predicted molar refractivity (Wildman–Crippen MR) is 81.6 cm³/mol. The molecule has 0 aromatic heterocycles. The molecule has 4 aliphatic rings. The molecule has 0 N–H and O–H groups in total. The molecule has 0 heterocycles. The van der Waals surface area contributed by atoms with Gasteiger partial charge >= 0.3 is 0 Å². The number of hydrogen-bond donors (Lipinski definition) is 0. The second-order valence-corrected chi connectivity index (χ2v) is 10.1. The first-order chi connectivity index (χ1) is 9.65. The first-order valence-electron chi connectivity index (χ1n) is 7.87. The van der Waals surface area contributed by atoms with Gasteiger partial charge in [-0.15, -0.1) is 0 Å². The van der Waals surface area contributed by atoms with Gasteiger partial charge in [0.05, 0.1) is 5.16 Å². The largest absolute Gasteiger partial charge is 0.328 e. The summed E-state index contributed by atoms with van der Waals surface area (Å²) < 4.78 is 19.6. The Morgan fingerprint density at radius 3 is 1.95 bits per heavy atom. The van der Waals surface area contributed by atoms with Crippen molar-refractivity contribution in [1.29, 1.82) is 0 Å². The molecule has 0 radical (unpaired) electrons. The lowest BCUT2D eigenvalue weighted by Gasteiger charge is -2.58. The Labute approximate surface area is 121 Å². The Balaban J connectivity index is 1.80. The highest BCUT2D eigenvalue weighted by molar-refractivity contribution is 7.68. The van der Waals surface area contributed by atoms with E-state index in [4.69, 9.17) is 4.52 Å². The average Bonchev–Trinajstić information content (AvgIpc) is 2.46. The van der Waals surface area contributed by atoms with Crippen LogP contribution in [0.4, 0.5) is 0 Å². The lowest BCUT2D eigenvalue weighted by molar-refractivity contribution is 0.0285. The molecule has 0 aliphatic heterocycles. The van der Waals surface area contributed by atoms with Crippen LogP contribution in [0.1, 0.15) is 38.5 Å². The van der Waals surface area contributed by atoms with Crippen LogP contribution in [0.2, 0.25) is 0 Å². The molecule has 3 heteroatoms. The molecule has 108 valence electrons. The lowest BCUT2D eigenvalue weighted by atomic mass is 9.56. The topological polar surface area (TPSA) is 26.3 Å². The molecule has 5 rings (SSSR count). The minimum Gasteiger partial charge on any atom is -0.328 e. The summed E-state index contributed by atoms with van der Waals surface area (Å²) in [6.07, 6.45) is 7.49. The molecule has 0 saturated heterocycles. The second kappa shape index (κ2) is 4.45. The smallest absolute Gasteiger partial charge is 0.237 e. The first-order valence-corrected chi connectivity index (χ1v) is 9.49. The maximum absolute atomic E-state index is 13.8. The van der Waals surface area contributed by atoms with Crippen LogP contribution in [0.25, 0.3) is 0 Å². The van der Waals surface area contributed by atoms with Crippen LogP contribution < -0.4 is 5.30 Å². The second-order valence-electron chi connectivity index (χ2n) is 7.21. The molecular formula is C17H23O2P. The molecule has 1 aromatic carbocycles. The van der Waals surface area contributed by atoms with Crippen molar-refractivity contribution in [2.75, 3.05) is 7.11 Å². The fourth-order valence-electron chi connectivity index (χ4n) is 5.62. The molecule has 1 unspecified atom stereocenters. The van der Waals surface area contributed by atoms with Crippen LogP contribution in [0.3, 0.4) is 0 Å². The van der Waals surface area contributed by atoms with E-state index in [2.05, 4.69) is 0 Å². The zero-order valence-corrected chi connectivity index (χ0v) is 13.0. The summed E-state index contributed by atoms with van der Waals surface area (Å²) in [5.41, 5.74) is 0. The van der Waals surface area contributed by atoms with Crippen molar-refractivity contribution < 1.29 is 9.09 Å². The van der Waals surface area contributed by atoms with Crippen molar-refractivity contribution in [2.24, 2.45) is 17.8 Å². The van der Waals surface area contributed by atoms with Gasteiger partial charge in [-0.1, -0.05) is 18.2 Å². The van der Waals surface area contributed by atoms with Crippen molar-refractivity contribution in [3.63, 3.8) is 0 Å². The van der Waals surface area contributed by atoms with Crippen LogP contribution in [0.15, 0.2) is 30.3 Å². The summed E-state index contributed by atoms with van der Waals surface area (Å²) in [5.74, 6) is 2.40. The number of rotatable bonds is 3. The van der Waals surface area contributed by atoms with Gasteiger partial charge in [-0.3, -0.25) is 4.57 Å². The van der Waals surface area contributed by atoms with Crippen molar-refractivity contribution in [1.82, 2.24) is 0 Å².